The topological polar surface area (TPSA) is 70.7 Å². The van der Waals surface area contributed by atoms with Gasteiger partial charge in [-0.25, -0.2) is 0 Å². The number of fused-ring (bicyclic) bond motifs is 1. The van der Waals surface area contributed by atoms with Gasteiger partial charge < -0.3 is 15.4 Å². The van der Waals surface area contributed by atoms with Crippen LogP contribution in [0.4, 0.5) is 5.69 Å². The number of hydrogen-bond donors (Lipinski definition) is 2. The molecule has 2 amide bonds. The van der Waals surface area contributed by atoms with E-state index in [0.29, 0.717) is 16.5 Å². The van der Waals surface area contributed by atoms with E-state index in [1.807, 2.05) is 12.1 Å². The Morgan fingerprint density at radius 1 is 1.17 bits per heavy atom. The maximum Gasteiger partial charge on any atom is 0.238 e. The normalized spacial score (nSPS) is 15.5. The average Bonchev–Trinajstić information content (AvgIpc) is 2.68. The lowest BCUT2D eigenvalue weighted by atomic mass is 9.88. The van der Waals surface area contributed by atoms with Gasteiger partial charge in [0.05, 0.1) is 31.9 Å². The number of benzene rings is 2. The first-order valence-electron chi connectivity index (χ1n) is 9.65. The summed E-state index contributed by atoms with van der Waals surface area (Å²) in [6, 6.07) is 13.3. The highest BCUT2D eigenvalue weighted by Gasteiger charge is 2.22. The van der Waals surface area contributed by atoms with E-state index < -0.39 is 0 Å². The van der Waals surface area contributed by atoms with E-state index in [1.54, 1.807) is 30.1 Å². The van der Waals surface area contributed by atoms with Crippen LogP contribution < -0.4 is 15.4 Å². The van der Waals surface area contributed by atoms with Crippen molar-refractivity contribution in [3.05, 3.63) is 58.6 Å². The summed E-state index contributed by atoms with van der Waals surface area (Å²) in [6.45, 7) is 0.211. The first kappa shape index (κ1) is 21.1. The molecule has 0 saturated carbocycles. The standard InChI is InChI=1S/C22H26ClN3O3/c1-26(14-22(28)25-19-12-16(23)10-11-20(19)29-2)13-21(27)24-18-9-5-7-15-6-3-4-8-17(15)18/h3-4,6,8,10-12,18H,5,7,9,13-14H2,1-2H3,(H,24,27)(H,25,28)/t18-/m1/s1. The van der Waals surface area contributed by atoms with Gasteiger partial charge >= 0.3 is 0 Å². The number of rotatable bonds is 7. The molecule has 6 nitrogen and oxygen atoms in total. The molecule has 0 aliphatic heterocycles. The molecule has 154 valence electrons. The molecule has 0 heterocycles. The zero-order chi connectivity index (χ0) is 20.8. The summed E-state index contributed by atoms with van der Waals surface area (Å²) in [5.74, 6) is 0.185. The van der Waals surface area contributed by atoms with Crippen LogP contribution in [0.3, 0.4) is 0 Å². The number of hydrogen-bond acceptors (Lipinski definition) is 4. The molecule has 2 aromatic rings. The van der Waals surface area contributed by atoms with E-state index in [0.717, 1.165) is 19.3 Å². The highest BCUT2D eigenvalue weighted by Crippen LogP contribution is 2.29. The summed E-state index contributed by atoms with van der Waals surface area (Å²) in [6.07, 6.45) is 3.04. The minimum Gasteiger partial charge on any atom is -0.495 e. The molecule has 2 aromatic carbocycles. The summed E-state index contributed by atoms with van der Waals surface area (Å²) in [5, 5.41) is 6.39. The van der Waals surface area contributed by atoms with E-state index in [1.165, 1.54) is 18.2 Å². The maximum absolute atomic E-state index is 12.5. The number of halogens is 1. The number of anilines is 1. The first-order chi connectivity index (χ1) is 14.0. The average molecular weight is 416 g/mol. The van der Waals surface area contributed by atoms with Crippen molar-refractivity contribution in [1.29, 1.82) is 0 Å². The Morgan fingerprint density at radius 2 is 1.93 bits per heavy atom. The summed E-state index contributed by atoms with van der Waals surface area (Å²) < 4.78 is 5.23. The molecular weight excluding hydrogens is 390 g/mol. The number of carbonyl (C=O) groups is 2. The van der Waals surface area contributed by atoms with Crippen LogP contribution in [0.5, 0.6) is 5.75 Å². The Balaban J connectivity index is 1.52. The predicted molar refractivity (Wildman–Crippen MR) is 114 cm³/mol. The molecule has 7 heteroatoms. The van der Waals surface area contributed by atoms with E-state index >= 15 is 0 Å². The van der Waals surface area contributed by atoms with E-state index in [-0.39, 0.29) is 30.9 Å². The molecule has 0 bridgehead atoms. The highest BCUT2D eigenvalue weighted by atomic mass is 35.5. The molecule has 1 atom stereocenters. The van der Waals surface area contributed by atoms with Crippen molar-refractivity contribution in [3.8, 4) is 5.75 Å². The van der Waals surface area contributed by atoms with Crippen LogP contribution in [-0.4, -0.2) is 44.0 Å². The van der Waals surface area contributed by atoms with Crippen LogP contribution >= 0.6 is 11.6 Å². The van der Waals surface area contributed by atoms with Gasteiger partial charge in [-0.3, -0.25) is 14.5 Å². The van der Waals surface area contributed by atoms with Crippen LogP contribution in [0.15, 0.2) is 42.5 Å². The van der Waals surface area contributed by atoms with Gasteiger partial charge in [-0.2, -0.15) is 0 Å². The number of likely N-dealkylation sites (N-methyl/N-ethyl adjacent to an activating group) is 1. The number of nitrogens with one attached hydrogen (secondary N) is 2. The molecule has 3 rings (SSSR count). The second-order valence-electron chi connectivity index (χ2n) is 7.28. The van der Waals surface area contributed by atoms with Crippen molar-refractivity contribution in [3.63, 3.8) is 0 Å². The molecule has 0 aromatic heterocycles. The second-order valence-corrected chi connectivity index (χ2v) is 7.71. The minimum absolute atomic E-state index is 0.0328. The lowest BCUT2D eigenvalue weighted by Crippen LogP contribution is -2.40. The third-order valence-corrected chi connectivity index (χ3v) is 5.20. The first-order valence-corrected chi connectivity index (χ1v) is 10.0. The third kappa shape index (κ3) is 5.71. The fourth-order valence-corrected chi connectivity index (χ4v) is 3.83. The van der Waals surface area contributed by atoms with Gasteiger partial charge in [0.2, 0.25) is 11.8 Å². The monoisotopic (exact) mass is 415 g/mol. The zero-order valence-corrected chi connectivity index (χ0v) is 17.5. The summed E-state index contributed by atoms with van der Waals surface area (Å²) >= 11 is 5.99. The second kappa shape index (κ2) is 9.76. The Kier molecular flexibility index (Phi) is 7.12. The van der Waals surface area contributed by atoms with Crippen molar-refractivity contribution in [2.24, 2.45) is 0 Å². The van der Waals surface area contributed by atoms with Gasteiger partial charge in [-0.1, -0.05) is 35.9 Å². The maximum atomic E-state index is 12.5. The third-order valence-electron chi connectivity index (χ3n) is 4.97. The smallest absolute Gasteiger partial charge is 0.238 e. The Morgan fingerprint density at radius 3 is 2.72 bits per heavy atom. The number of carbonyl (C=O) groups excluding carboxylic acids is 2. The van der Waals surface area contributed by atoms with Crippen molar-refractivity contribution < 1.29 is 14.3 Å². The molecule has 0 saturated heterocycles. The molecule has 0 unspecified atom stereocenters. The van der Waals surface area contributed by atoms with E-state index in [9.17, 15) is 9.59 Å². The summed E-state index contributed by atoms with van der Waals surface area (Å²) in [7, 11) is 3.27. The van der Waals surface area contributed by atoms with Gasteiger partial charge in [0, 0.05) is 5.02 Å². The van der Waals surface area contributed by atoms with Crippen molar-refractivity contribution >= 4 is 29.1 Å². The fraction of sp³-hybridized carbons (Fsp3) is 0.364. The molecule has 0 radical (unpaired) electrons. The van der Waals surface area contributed by atoms with Crippen LogP contribution in [0.1, 0.15) is 30.0 Å². The van der Waals surface area contributed by atoms with Gasteiger partial charge in [-0.05, 0) is 55.6 Å². The minimum atomic E-state index is -0.246. The van der Waals surface area contributed by atoms with Crippen molar-refractivity contribution in [1.82, 2.24) is 10.2 Å². The molecule has 0 spiro atoms. The Labute approximate surface area is 176 Å². The number of methoxy groups -OCH3 is 1. The van der Waals surface area contributed by atoms with E-state index in [4.69, 9.17) is 16.3 Å². The molecule has 1 aliphatic carbocycles. The van der Waals surface area contributed by atoms with Crippen LogP contribution in [0.25, 0.3) is 0 Å². The predicted octanol–water partition coefficient (Wildman–Crippen LogP) is 3.41. The lowest BCUT2D eigenvalue weighted by molar-refractivity contribution is -0.123. The SMILES string of the molecule is COc1ccc(Cl)cc1NC(=O)CN(C)CC(=O)N[C@@H]1CCCc2ccccc21. The van der Waals surface area contributed by atoms with Gasteiger partial charge in [0.15, 0.2) is 0 Å². The molecule has 0 fully saturated rings. The molecule has 2 N–H and O–H groups in total. The highest BCUT2D eigenvalue weighted by molar-refractivity contribution is 6.31. The Bertz CT molecular complexity index is 887. The lowest BCUT2D eigenvalue weighted by Gasteiger charge is -2.27. The number of aryl methyl sites for hydroxylation is 1. The van der Waals surface area contributed by atoms with Crippen LogP contribution in [-0.2, 0) is 16.0 Å². The van der Waals surface area contributed by atoms with E-state index in [2.05, 4.69) is 22.8 Å². The molecular formula is C22H26ClN3O3. The zero-order valence-electron chi connectivity index (χ0n) is 16.7. The van der Waals surface area contributed by atoms with Crippen molar-refractivity contribution in [2.75, 3.05) is 32.6 Å². The van der Waals surface area contributed by atoms with Gasteiger partial charge in [-0.15, -0.1) is 0 Å². The number of ether oxygens (including phenoxy) is 1. The summed E-state index contributed by atoms with van der Waals surface area (Å²) in [5.41, 5.74) is 2.99. The van der Waals surface area contributed by atoms with Crippen LogP contribution in [0.2, 0.25) is 5.02 Å². The van der Waals surface area contributed by atoms with Gasteiger partial charge in [0.1, 0.15) is 5.75 Å². The Hall–Kier alpha value is -2.57. The largest absolute Gasteiger partial charge is 0.495 e. The molecule has 1 aliphatic rings. The number of nitrogens with zero attached hydrogens (tertiary/aromatic N) is 1. The summed E-state index contributed by atoms with van der Waals surface area (Å²) in [4.78, 5) is 26.5. The number of amides is 2. The quantitative estimate of drug-likeness (QED) is 0.727. The van der Waals surface area contributed by atoms with Gasteiger partial charge in [0.25, 0.3) is 0 Å². The van der Waals surface area contributed by atoms with Crippen LogP contribution in [0, 0.1) is 0 Å². The fourth-order valence-electron chi connectivity index (χ4n) is 3.66. The molecule has 29 heavy (non-hydrogen) atoms. The van der Waals surface area contributed by atoms with Crippen molar-refractivity contribution in [2.45, 2.75) is 25.3 Å².